The number of allylic oxidation sites excluding steroid dienone is 2. The van der Waals surface area contributed by atoms with Crippen LogP contribution in [0.1, 0.15) is 61.8 Å². The summed E-state index contributed by atoms with van der Waals surface area (Å²) in [6, 6.07) is 17.1. The Balaban J connectivity index is 2.25. The first kappa shape index (κ1) is 23.1. The molecule has 0 bridgehead atoms. The van der Waals surface area contributed by atoms with Crippen molar-refractivity contribution < 1.29 is 0 Å². The van der Waals surface area contributed by atoms with Gasteiger partial charge in [0, 0.05) is 14.1 Å². The van der Waals surface area contributed by atoms with E-state index in [9.17, 15) is 0 Å². The van der Waals surface area contributed by atoms with Gasteiger partial charge in [-0.2, -0.15) is 0 Å². The maximum atomic E-state index is 5.89. The summed E-state index contributed by atoms with van der Waals surface area (Å²) in [6.07, 6.45) is 7.98. The molecule has 0 saturated carbocycles. The third-order valence-corrected chi connectivity index (χ3v) is 4.83. The van der Waals surface area contributed by atoms with Gasteiger partial charge in [0.2, 0.25) is 5.96 Å². The molecule has 4 nitrogen and oxygen atoms in total. The topological polar surface area (TPSA) is 54.0 Å². The van der Waals surface area contributed by atoms with Crippen molar-refractivity contribution >= 4 is 23.8 Å². The van der Waals surface area contributed by atoms with Gasteiger partial charge in [-0.1, -0.05) is 88.4 Å². The monoisotopic (exact) mass is 402 g/mol. The van der Waals surface area contributed by atoms with Gasteiger partial charge in [0.1, 0.15) is 0 Å². The second-order valence-electron chi connectivity index (χ2n) is 8.19. The molecule has 2 aromatic rings. The molecule has 2 rings (SSSR count). The number of nitrogens with two attached hydrogens (primary N) is 1. The average Bonchev–Trinajstić information content (AvgIpc) is 2.73. The van der Waals surface area contributed by atoms with Gasteiger partial charge in [-0.3, -0.25) is 0 Å². The highest BCUT2D eigenvalue weighted by atomic mass is 15.3. The lowest BCUT2D eigenvalue weighted by molar-refractivity contribution is 0.611. The number of guanidine groups is 1. The number of nitrogens with zero attached hydrogens (tertiary/aromatic N) is 3. The molecule has 0 heterocycles. The van der Waals surface area contributed by atoms with Crippen molar-refractivity contribution in [2.75, 3.05) is 14.1 Å². The van der Waals surface area contributed by atoms with Crippen molar-refractivity contribution in [2.24, 2.45) is 15.9 Å². The second-order valence-corrected chi connectivity index (χ2v) is 8.19. The first-order valence-electron chi connectivity index (χ1n) is 10.4. The van der Waals surface area contributed by atoms with Crippen molar-refractivity contribution in [3.05, 3.63) is 82.9 Å². The molecule has 158 valence electrons. The Morgan fingerprint density at radius 3 is 1.47 bits per heavy atom. The predicted octanol–water partition coefficient (Wildman–Crippen LogP) is 5.89. The van der Waals surface area contributed by atoms with Crippen LogP contribution in [0.15, 0.2) is 70.9 Å². The third kappa shape index (κ3) is 7.36. The lowest BCUT2D eigenvalue weighted by atomic mass is 10.0. The zero-order chi connectivity index (χ0) is 22.1. The van der Waals surface area contributed by atoms with Crippen LogP contribution in [0.25, 0.3) is 12.2 Å². The molecule has 0 spiro atoms. The summed E-state index contributed by atoms with van der Waals surface area (Å²) in [6.45, 7) is 8.78. The molecule has 0 aliphatic carbocycles. The molecule has 4 heteroatoms. The maximum Gasteiger partial charge on any atom is 0.215 e. The third-order valence-electron chi connectivity index (χ3n) is 4.83. The van der Waals surface area contributed by atoms with E-state index in [0.717, 1.165) is 16.8 Å². The van der Waals surface area contributed by atoms with Gasteiger partial charge >= 0.3 is 0 Å². The quantitative estimate of drug-likeness (QED) is 0.356. The molecular weight excluding hydrogens is 368 g/mol. The molecule has 2 N–H and O–H groups in total. The lowest BCUT2D eigenvalue weighted by Gasteiger charge is -2.08. The Hall–Kier alpha value is -3.14. The van der Waals surface area contributed by atoms with Crippen LogP contribution >= 0.6 is 0 Å². The first-order valence-corrected chi connectivity index (χ1v) is 10.4. The van der Waals surface area contributed by atoms with Gasteiger partial charge < -0.3 is 10.6 Å². The number of benzene rings is 2. The van der Waals surface area contributed by atoms with Crippen LogP contribution < -0.4 is 5.73 Å². The SMILES string of the molecule is CC(C)c1ccc(C=CC(C=Cc2ccc(C(C)C)cc2)=NN=C(N)N(C)C)cc1. The molecule has 0 saturated heterocycles. The van der Waals surface area contributed by atoms with Crippen LogP contribution in [0.4, 0.5) is 0 Å². The second kappa shape index (κ2) is 11.1. The summed E-state index contributed by atoms with van der Waals surface area (Å²) >= 11 is 0. The summed E-state index contributed by atoms with van der Waals surface area (Å²) in [4.78, 5) is 1.73. The van der Waals surface area contributed by atoms with E-state index in [0.29, 0.717) is 17.8 Å². The van der Waals surface area contributed by atoms with Crippen molar-refractivity contribution in [3.8, 4) is 0 Å². The molecule has 0 unspecified atom stereocenters. The number of hydrogen-bond donors (Lipinski definition) is 1. The number of hydrogen-bond acceptors (Lipinski definition) is 2. The predicted molar refractivity (Wildman–Crippen MR) is 132 cm³/mol. The van der Waals surface area contributed by atoms with E-state index in [2.05, 4.69) is 86.4 Å². The fraction of sp³-hybridized carbons (Fsp3) is 0.308. The normalized spacial score (nSPS) is 12.3. The summed E-state index contributed by atoms with van der Waals surface area (Å²) < 4.78 is 0. The molecule has 0 amide bonds. The molecular formula is C26H34N4. The highest BCUT2D eigenvalue weighted by molar-refractivity contribution is 6.08. The fourth-order valence-corrected chi connectivity index (χ4v) is 2.67. The molecule has 0 atom stereocenters. The zero-order valence-electron chi connectivity index (χ0n) is 19.0. The van der Waals surface area contributed by atoms with E-state index in [1.165, 1.54) is 11.1 Å². The summed E-state index contributed by atoms with van der Waals surface area (Å²) in [5.41, 5.74) is 11.5. The molecule has 30 heavy (non-hydrogen) atoms. The van der Waals surface area contributed by atoms with Crippen LogP contribution in [0, 0.1) is 0 Å². The van der Waals surface area contributed by atoms with Gasteiger partial charge in [-0.05, 0) is 46.2 Å². The summed E-state index contributed by atoms with van der Waals surface area (Å²) in [7, 11) is 3.68. The fourth-order valence-electron chi connectivity index (χ4n) is 2.67. The van der Waals surface area contributed by atoms with E-state index in [1.807, 2.05) is 38.4 Å². The van der Waals surface area contributed by atoms with E-state index < -0.39 is 0 Å². The van der Waals surface area contributed by atoms with Gasteiger partial charge in [0.15, 0.2) is 0 Å². The Kier molecular flexibility index (Phi) is 8.60. The summed E-state index contributed by atoms with van der Waals surface area (Å²) in [5.74, 6) is 1.40. The van der Waals surface area contributed by atoms with E-state index in [4.69, 9.17) is 5.73 Å². The Bertz CT molecular complexity index is 849. The maximum absolute atomic E-state index is 5.89. The molecule has 0 aliphatic heterocycles. The molecule has 0 aliphatic rings. The molecule has 2 aromatic carbocycles. The standard InChI is InChI=1S/C26H34N4/c1-19(2)23-13-7-21(8-14-23)11-17-25(28-29-26(27)30(5)6)18-12-22-9-15-24(16-10-22)20(3)4/h7-20H,1-6H3,(H2,27,29). The highest BCUT2D eigenvalue weighted by Gasteiger charge is 1.99. The van der Waals surface area contributed by atoms with Crippen molar-refractivity contribution in [2.45, 2.75) is 39.5 Å². The van der Waals surface area contributed by atoms with Crippen LogP contribution in [-0.2, 0) is 0 Å². The van der Waals surface area contributed by atoms with Crippen molar-refractivity contribution in [1.29, 1.82) is 0 Å². The highest BCUT2D eigenvalue weighted by Crippen LogP contribution is 2.16. The average molecular weight is 403 g/mol. The van der Waals surface area contributed by atoms with Gasteiger partial charge in [0.05, 0.1) is 5.71 Å². The zero-order valence-corrected chi connectivity index (χ0v) is 19.0. The lowest BCUT2D eigenvalue weighted by Crippen LogP contribution is -2.29. The van der Waals surface area contributed by atoms with E-state index >= 15 is 0 Å². The Labute approximate surface area is 181 Å². The minimum Gasteiger partial charge on any atom is -0.368 e. The Morgan fingerprint density at radius 2 is 1.13 bits per heavy atom. The van der Waals surface area contributed by atoms with Crippen LogP contribution in [-0.4, -0.2) is 30.7 Å². The van der Waals surface area contributed by atoms with Gasteiger partial charge in [0.25, 0.3) is 0 Å². The number of rotatable bonds is 7. The minimum absolute atomic E-state index is 0.358. The summed E-state index contributed by atoms with van der Waals surface area (Å²) in [5, 5.41) is 8.46. The van der Waals surface area contributed by atoms with Crippen molar-refractivity contribution in [1.82, 2.24) is 4.90 Å². The van der Waals surface area contributed by atoms with Gasteiger partial charge in [-0.15, -0.1) is 10.2 Å². The molecule has 0 aromatic heterocycles. The van der Waals surface area contributed by atoms with Crippen molar-refractivity contribution in [3.63, 3.8) is 0 Å². The van der Waals surface area contributed by atoms with Crippen LogP contribution in [0.3, 0.4) is 0 Å². The van der Waals surface area contributed by atoms with E-state index in [-0.39, 0.29) is 0 Å². The first-order chi connectivity index (χ1) is 14.3. The largest absolute Gasteiger partial charge is 0.368 e. The minimum atomic E-state index is 0.358. The van der Waals surface area contributed by atoms with Crippen LogP contribution in [0.2, 0.25) is 0 Å². The van der Waals surface area contributed by atoms with E-state index in [1.54, 1.807) is 4.90 Å². The smallest absolute Gasteiger partial charge is 0.215 e. The van der Waals surface area contributed by atoms with Crippen LogP contribution in [0.5, 0.6) is 0 Å². The molecule has 0 radical (unpaired) electrons. The van der Waals surface area contributed by atoms with Gasteiger partial charge in [-0.25, -0.2) is 0 Å². The Morgan fingerprint density at radius 1 is 0.733 bits per heavy atom. The molecule has 0 fully saturated rings.